The second kappa shape index (κ2) is 48.4. The highest BCUT2D eigenvalue weighted by atomic mass is 16.6. The number of unbranched alkanes of at least 4 members (excludes halogenated alkanes) is 36. The predicted octanol–water partition coefficient (Wildman–Crippen LogP) is 17.5. The topological polar surface area (TPSA) is 78.9 Å². The number of rotatable bonds is 49. The molecule has 0 bridgehead atoms. The highest BCUT2D eigenvalue weighted by molar-refractivity contribution is 5.71. The smallest absolute Gasteiger partial charge is 0.306 e. The average Bonchev–Trinajstić information content (AvgIpc) is 3.23. The van der Waals surface area contributed by atoms with Gasteiger partial charge in [0.2, 0.25) is 0 Å². The Morgan fingerprint density at radius 2 is 0.550 bits per heavy atom. The van der Waals surface area contributed by atoms with Crippen LogP contribution in [0.25, 0.3) is 0 Å². The van der Waals surface area contributed by atoms with Crippen molar-refractivity contribution in [3.05, 3.63) is 0 Å². The van der Waals surface area contributed by atoms with Crippen LogP contribution in [0.2, 0.25) is 0 Å². The third kappa shape index (κ3) is 47.5. The molecule has 0 radical (unpaired) electrons. The van der Waals surface area contributed by atoms with Gasteiger partial charge >= 0.3 is 17.9 Å². The molecule has 0 rings (SSSR count). The first-order valence-corrected chi connectivity index (χ1v) is 26.9. The Kier molecular flexibility index (Phi) is 47.2. The minimum Gasteiger partial charge on any atom is -0.462 e. The highest BCUT2D eigenvalue weighted by Gasteiger charge is 2.19. The van der Waals surface area contributed by atoms with Crippen molar-refractivity contribution >= 4 is 17.9 Å². The number of carbonyl (C=O) groups excluding carboxylic acids is 3. The van der Waals surface area contributed by atoms with Crippen LogP contribution in [0.15, 0.2) is 0 Å². The van der Waals surface area contributed by atoms with Crippen LogP contribution >= 0.6 is 0 Å². The molecule has 60 heavy (non-hydrogen) atoms. The van der Waals surface area contributed by atoms with Crippen molar-refractivity contribution in [3.63, 3.8) is 0 Å². The molecular formula is C54H104O6. The second-order valence-corrected chi connectivity index (χ2v) is 19.0. The summed E-state index contributed by atoms with van der Waals surface area (Å²) in [6, 6.07) is 0. The van der Waals surface area contributed by atoms with Crippen molar-refractivity contribution in [1.82, 2.24) is 0 Å². The third-order valence-electron chi connectivity index (χ3n) is 12.3. The molecule has 0 saturated heterocycles. The molecule has 0 aliphatic carbocycles. The van der Waals surface area contributed by atoms with E-state index in [2.05, 4.69) is 27.7 Å². The first-order chi connectivity index (χ1) is 29.4. The van der Waals surface area contributed by atoms with Gasteiger partial charge in [-0.15, -0.1) is 0 Å². The molecule has 6 nitrogen and oxygen atoms in total. The van der Waals surface area contributed by atoms with E-state index in [9.17, 15) is 14.4 Å². The summed E-state index contributed by atoms with van der Waals surface area (Å²) in [7, 11) is 0. The molecule has 0 saturated carbocycles. The Hall–Kier alpha value is -1.59. The number of hydrogen-bond acceptors (Lipinski definition) is 6. The molecule has 0 heterocycles. The predicted molar refractivity (Wildman–Crippen MR) is 257 cm³/mol. The number of hydrogen-bond donors (Lipinski definition) is 0. The molecule has 0 amide bonds. The van der Waals surface area contributed by atoms with E-state index in [4.69, 9.17) is 14.2 Å². The van der Waals surface area contributed by atoms with Crippen LogP contribution in [0.4, 0.5) is 0 Å². The molecule has 0 aromatic carbocycles. The third-order valence-corrected chi connectivity index (χ3v) is 12.3. The zero-order chi connectivity index (χ0) is 43.8. The van der Waals surface area contributed by atoms with Gasteiger partial charge in [-0.05, 0) is 25.2 Å². The van der Waals surface area contributed by atoms with E-state index in [0.29, 0.717) is 19.3 Å². The standard InChI is InChI=1S/C54H104O6/c1-5-7-9-11-13-15-16-17-18-19-20-21-22-23-26-31-35-39-43-47-54(57)60-51(48-58-52(55)45-41-37-33-28-14-12-10-8-6-2)49-59-53(56)46-42-38-34-30-27-24-25-29-32-36-40-44-50(3)4/h50-51H,5-49H2,1-4H3/t51-/m0/s1. The first kappa shape index (κ1) is 58.4. The van der Waals surface area contributed by atoms with Gasteiger partial charge in [0.05, 0.1) is 0 Å². The summed E-state index contributed by atoms with van der Waals surface area (Å²) in [5.74, 6) is -0.0184. The Bertz CT molecular complexity index is 903. The van der Waals surface area contributed by atoms with Gasteiger partial charge in [-0.2, -0.15) is 0 Å². The van der Waals surface area contributed by atoms with E-state index in [-0.39, 0.29) is 31.1 Å². The minimum absolute atomic E-state index is 0.0629. The Labute approximate surface area is 374 Å². The molecule has 0 N–H and O–H groups in total. The van der Waals surface area contributed by atoms with Crippen molar-refractivity contribution in [2.45, 2.75) is 310 Å². The quantitative estimate of drug-likeness (QED) is 0.0345. The summed E-state index contributed by atoms with van der Waals surface area (Å²) >= 11 is 0. The van der Waals surface area contributed by atoms with Crippen LogP contribution < -0.4 is 0 Å². The molecule has 0 unspecified atom stereocenters. The maximum atomic E-state index is 12.8. The second-order valence-electron chi connectivity index (χ2n) is 19.0. The van der Waals surface area contributed by atoms with Gasteiger partial charge in [-0.1, -0.05) is 265 Å². The van der Waals surface area contributed by atoms with Crippen LogP contribution in [0.5, 0.6) is 0 Å². The van der Waals surface area contributed by atoms with Gasteiger partial charge < -0.3 is 14.2 Å². The lowest BCUT2D eigenvalue weighted by Gasteiger charge is -2.18. The van der Waals surface area contributed by atoms with E-state index in [1.165, 1.54) is 199 Å². The van der Waals surface area contributed by atoms with Gasteiger partial charge in [0.1, 0.15) is 13.2 Å². The maximum absolute atomic E-state index is 12.8. The normalized spacial score (nSPS) is 11.9. The fraction of sp³-hybridized carbons (Fsp3) is 0.944. The summed E-state index contributed by atoms with van der Waals surface area (Å²) in [5, 5.41) is 0. The Morgan fingerprint density at radius 1 is 0.317 bits per heavy atom. The number of carbonyl (C=O) groups is 3. The monoisotopic (exact) mass is 849 g/mol. The van der Waals surface area contributed by atoms with E-state index in [1.54, 1.807) is 0 Å². The molecule has 0 spiro atoms. The van der Waals surface area contributed by atoms with Gasteiger partial charge in [-0.3, -0.25) is 14.4 Å². The molecule has 0 aromatic rings. The zero-order valence-electron chi connectivity index (χ0n) is 40.9. The first-order valence-electron chi connectivity index (χ1n) is 26.9. The lowest BCUT2D eigenvalue weighted by Crippen LogP contribution is -2.30. The van der Waals surface area contributed by atoms with Crippen LogP contribution in [-0.2, 0) is 28.6 Å². The van der Waals surface area contributed by atoms with E-state index < -0.39 is 6.10 Å². The zero-order valence-corrected chi connectivity index (χ0v) is 40.9. The lowest BCUT2D eigenvalue weighted by atomic mass is 10.0. The number of ether oxygens (including phenoxy) is 3. The van der Waals surface area contributed by atoms with Crippen molar-refractivity contribution in [2.75, 3.05) is 13.2 Å². The Balaban J connectivity index is 4.23. The minimum atomic E-state index is -0.760. The van der Waals surface area contributed by atoms with Crippen molar-refractivity contribution in [1.29, 1.82) is 0 Å². The van der Waals surface area contributed by atoms with Crippen LogP contribution in [0.1, 0.15) is 304 Å². The largest absolute Gasteiger partial charge is 0.462 e. The summed E-state index contributed by atoms with van der Waals surface area (Å²) in [6.07, 6.45) is 51.0. The molecular weight excluding hydrogens is 745 g/mol. The van der Waals surface area contributed by atoms with Crippen molar-refractivity contribution in [2.24, 2.45) is 5.92 Å². The molecule has 356 valence electrons. The molecule has 1 atom stereocenters. The van der Waals surface area contributed by atoms with Gasteiger partial charge in [0.15, 0.2) is 6.10 Å². The Morgan fingerprint density at radius 3 is 0.817 bits per heavy atom. The van der Waals surface area contributed by atoms with Gasteiger partial charge in [0, 0.05) is 19.3 Å². The summed E-state index contributed by atoms with van der Waals surface area (Å²) in [4.78, 5) is 37.9. The van der Waals surface area contributed by atoms with Crippen LogP contribution in [0.3, 0.4) is 0 Å². The summed E-state index contributed by atoms with van der Waals surface area (Å²) in [5.41, 5.74) is 0. The van der Waals surface area contributed by atoms with Gasteiger partial charge in [0.25, 0.3) is 0 Å². The van der Waals surface area contributed by atoms with Crippen molar-refractivity contribution < 1.29 is 28.6 Å². The molecule has 0 fully saturated rings. The van der Waals surface area contributed by atoms with Gasteiger partial charge in [-0.25, -0.2) is 0 Å². The van der Waals surface area contributed by atoms with Crippen LogP contribution in [-0.4, -0.2) is 37.2 Å². The fourth-order valence-electron chi connectivity index (χ4n) is 8.22. The van der Waals surface area contributed by atoms with E-state index in [1.807, 2.05) is 0 Å². The average molecular weight is 849 g/mol. The van der Waals surface area contributed by atoms with E-state index >= 15 is 0 Å². The fourth-order valence-corrected chi connectivity index (χ4v) is 8.22. The maximum Gasteiger partial charge on any atom is 0.306 e. The number of esters is 3. The molecule has 6 heteroatoms. The summed E-state index contributed by atoms with van der Waals surface area (Å²) in [6.45, 7) is 9.01. The van der Waals surface area contributed by atoms with Crippen molar-refractivity contribution in [3.8, 4) is 0 Å². The highest BCUT2D eigenvalue weighted by Crippen LogP contribution is 2.17. The SMILES string of the molecule is CCCCCCCCCCCCCCCCCCCCCC(=O)O[C@@H](COC(=O)CCCCCCCCCCC)COC(=O)CCCCCCCCCCCCCC(C)C. The molecule has 0 aromatic heterocycles. The molecule has 0 aliphatic rings. The molecule has 0 aliphatic heterocycles. The lowest BCUT2D eigenvalue weighted by molar-refractivity contribution is -0.167. The van der Waals surface area contributed by atoms with E-state index in [0.717, 1.165) is 63.7 Å². The summed E-state index contributed by atoms with van der Waals surface area (Å²) < 4.78 is 16.8. The van der Waals surface area contributed by atoms with Crippen LogP contribution in [0, 0.1) is 5.92 Å².